The predicted octanol–water partition coefficient (Wildman–Crippen LogP) is 2.73. The molecule has 0 aromatic heterocycles. The van der Waals surface area contributed by atoms with E-state index in [4.69, 9.17) is 0 Å². The molecular formula is C12H11BrFNO. The van der Waals surface area contributed by atoms with Crippen molar-refractivity contribution < 1.29 is 9.18 Å². The Morgan fingerprint density at radius 2 is 2.25 bits per heavy atom. The van der Waals surface area contributed by atoms with Gasteiger partial charge >= 0.3 is 0 Å². The van der Waals surface area contributed by atoms with Crippen LogP contribution >= 0.6 is 15.9 Å². The van der Waals surface area contributed by atoms with Gasteiger partial charge in [-0.1, -0.05) is 15.9 Å². The zero-order valence-electron chi connectivity index (χ0n) is 8.81. The summed E-state index contributed by atoms with van der Waals surface area (Å²) in [5.41, 5.74) is 0.302. The summed E-state index contributed by atoms with van der Waals surface area (Å²) in [6.45, 7) is 2.21. The van der Waals surface area contributed by atoms with Crippen LogP contribution in [0.5, 0.6) is 0 Å². The maximum Gasteiger partial charge on any atom is 0.251 e. The minimum Gasteiger partial charge on any atom is -0.351 e. The molecular weight excluding hydrogens is 273 g/mol. The molecule has 2 nitrogen and oxygen atoms in total. The van der Waals surface area contributed by atoms with Gasteiger partial charge in [0.05, 0.1) is 0 Å². The molecule has 16 heavy (non-hydrogen) atoms. The van der Waals surface area contributed by atoms with E-state index in [1.807, 2.05) is 0 Å². The molecule has 1 rings (SSSR count). The van der Waals surface area contributed by atoms with Gasteiger partial charge in [-0.05, 0) is 25.1 Å². The molecule has 0 unspecified atom stereocenters. The maximum atomic E-state index is 13.0. The van der Waals surface area contributed by atoms with Crippen LogP contribution < -0.4 is 5.32 Å². The van der Waals surface area contributed by atoms with E-state index in [0.717, 1.165) is 0 Å². The number of carbonyl (C=O) groups excluding carboxylic acids is 1. The van der Waals surface area contributed by atoms with E-state index in [9.17, 15) is 9.18 Å². The Morgan fingerprint density at radius 3 is 2.88 bits per heavy atom. The topological polar surface area (TPSA) is 29.1 Å². The van der Waals surface area contributed by atoms with Crippen LogP contribution in [0.15, 0.2) is 22.7 Å². The summed E-state index contributed by atoms with van der Waals surface area (Å²) in [5.74, 6) is 4.83. The van der Waals surface area contributed by atoms with E-state index in [0.29, 0.717) is 23.0 Å². The first-order chi connectivity index (χ1) is 7.63. The van der Waals surface area contributed by atoms with Crippen LogP contribution in [0.3, 0.4) is 0 Å². The van der Waals surface area contributed by atoms with Crippen LogP contribution in [0.2, 0.25) is 0 Å². The highest BCUT2D eigenvalue weighted by Crippen LogP contribution is 2.14. The van der Waals surface area contributed by atoms with Crippen molar-refractivity contribution in [2.45, 2.75) is 13.3 Å². The van der Waals surface area contributed by atoms with Gasteiger partial charge in [-0.3, -0.25) is 4.79 Å². The smallest absolute Gasteiger partial charge is 0.251 e. The van der Waals surface area contributed by atoms with Crippen LogP contribution in [-0.4, -0.2) is 12.5 Å². The van der Waals surface area contributed by atoms with Gasteiger partial charge in [0.2, 0.25) is 0 Å². The molecule has 0 bridgehead atoms. The van der Waals surface area contributed by atoms with Gasteiger partial charge in [0.25, 0.3) is 5.91 Å². The summed E-state index contributed by atoms with van der Waals surface area (Å²) < 4.78 is 13.5. The molecule has 1 N–H and O–H groups in total. The van der Waals surface area contributed by atoms with Crippen LogP contribution in [0.1, 0.15) is 23.7 Å². The molecule has 0 aliphatic rings. The summed E-state index contributed by atoms with van der Waals surface area (Å²) in [4.78, 5) is 11.6. The normalized spacial score (nSPS) is 9.19. The first-order valence-corrected chi connectivity index (χ1v) is 5.56. The Morgan fingerprint density at radius 1 is 1.50 bits per heavy atom. The number of carbonyl (C=O) groups is 1. The Kier molecular flexibility index (Phi) is 5.00. The van der Waals surface area contributed by atoms with Crippen LogP contribution in [0.25, 0.3) is 0 Å². The average Bonchev–Trinajstić information content (AvgIpc) is 2.22. The molecule has 0 fully saturated rings. The lowest BCUT2D eigenvalue weighted by atomic mass is 10.2. The number of halogens is 2. The van der Waals surface area contributed by atoms with Crippen molar-refractivity contribution >= 4 is 21.8 Å². The van der Waals surface area contributed by atoms with Crippen LogP contribution in [0, 0.1) is 17.7 Å². The van der Waals surface area contributed by atoms with Gasteiger partial charge in [0.15, 0.2) is 0 Å². The summed E-state index contributed by atoms with van der Waals surface area (Å²) >= 11 is 3.13. The predicted molar refractivity (Wildman–Crippen MR) is 64.5 cm³/mol. The Labute approximate surface area is 102 Å². The second kappa shape index (κ2) is 6.29. The van der Waals surface area contributed by atoms with Crippen molar-refractivity contribution in [3.8, 4) is 11.8 Å². The van der Waals surface area contributed by atoms with Crippen LogP contribution in [-0.2, 0) is 0 Å². The fraction of sp³-hybridized carbons (Fsp3) is 0.250. The van der Waals surface area contributed by atoms with Crippen molar-refractivity contribution in [3.05, 3.63) is 34.1 Å². The molecule has 0 saturated heterocycles. The van der Waals surface area contributed by atoms with Crippen molar-refractivity contribution in [3.63, 3.8) is 0 Å². The van der Waals surface area contributed by atoms with Gasteiger partial charge in [-0.25, -0.2) is 4.39 Å². The zero-order valence-corrected chi connectivity index (χ0v) is 10.4. The van der Waals surface area contributed by atoms with Crippen molar-refractivity contribution in [1.29, 1.82) is 0 Å². The lowest BCUT2D eigenvalue weighted by Crippen LogP contribution is -2.24. The SMILES string of the molecule is CC#CCCNC(=O)c1cc(F)cc(Br)c1. The second-order valence-electron chi connectivity index (χ2n) is 3.09. The molecule has 1 aromatic rings. The summed E-state index contributed by atoms with van der Waals surface area (Å²) in [6, 6.07) is 4.08. The fourth-order valence-corrected chi connectivity index (χ4v) is 1.62. The largest absolute Gasteiger partial charge is 0.351 e. The van der Waals surface area contributed by atoms with Gasteiger partial charge < -0.3 is 5.32 Å². The Bertz CT molecular complexity index is 428. The Balaban J connectivity index is 2.61. The van der Waals surface area contributed by atoms with Gasteiger partial charge in [-0.15, -0.1) is 11.8 Å². The molecule has 0 aliphatic carbocycles. The number of hydrogen-bond acceptors (Lipinski definition) is 1. The molecule has 1 aromatic carbocycles. The van der Waals surface area contributed by atoms with E-state index >= 15 is 0 Å². The minimum atomic E-state index is -0.437. The molecule has 0 atom stereocenters. The molecule has 0 spiro atoms. The molecule has 0 saturated carbocycles. The first-order valence-electron chi connectivity index (χ1n) is 4.77. The molecule has 1 amide bonds. The lowest BCUT2D eigenvalue weighted by molar-refractivity contribution is 0.0954. The number of amides is 1. The van der Waals surface area contributed by atoms with Crippen molar-refractivity contribution in [1.82, 2.24) is 5.32 Å². The molecule has 4 heteroatoms. The molecule has 0 heterocycles. The molecule has 0 aliphatic heterocycles. The second-order valence-corrected chi connectivity index (χ2v) is 4.01. The van der Waals surface area contributed by atoms with Gasteiger partial charge in [-0.2, -0.15) is 0 Å². The highest BCUT2D eigenvalue weighted by atomic mass is 79.9. The number of hydrogen-bond donors (Lipinski definition) is 1. The third-order valence-electron chi connectivity index (χ3n) is 1.84. The van der Waals surface area contributed by atoms with Gasteiger partial charge in [0, 0.05) is 23.0 Å². The van der Waals surface area contributed by atoms with E-state index in [2.05, 4.69) is 33.1 Å². The first kappa shape index (κ1) is 12.7. The lowest BCUT2D eigenvalue weighted by Gasteiger charge is -2.03. The maximum absolute atomic E-state index is 13.0. The fourth-order valence-electron chi connectivity index (χ4n) is 1.15. The van der Waals surface area contributed by atoms with E-state index < -0.39 is 5.82 Å². The standard InChI is InChI=1S/C12H11BrFNO/c1-2-3-4-5-15-12(16)9-6-10(13)8-11(14)7-9/h6-8H,4-5H2,1H3,(H,15,16). The monoisotopic (exact) mass is 283 g/mol. The number of benzene rings is 1. The highest BCUT2D eigenvalue weighted by Gasteiger charge is 2.06. The van der Waals surface area contributed by atoms with E-state index in [-0.39, 0.29) is 5.91 Å². The van der Waals surface area contributed by atoms with E-state index in [1.165, 1.54) is 12.1 Å². The van der Waals surface area contributed by atoms with Gasteiger partial charge in [0.1, 0.15) is 5.82 Å². The third kappa shape index (κ3) is 4.03. The van der Waals surface area contributed by atoms with Crippen LogP contribution in [0.4, 0.5) is 4.39 Å². The minimum absolute atomic E-state index is 0.293. The number of rotatable bonds is 3. The summed E-state index contributed by atoms with van der Waals surface area (Å²) in [5, 5.41) is 2.66. The highest BCUT2D eigenvalue weighted by molar-refractivity contribution is 9.10. The molecule has 84 valence electrons. The summed E-state index contributed by atoms with van der Waals surface area (Å²) in [6.07, 6.45) is 0.596. The quantitative estimate of drug-likeness (QED) is 0.671. The average molecular weight is 284 g/mol. The summed E-state index contributed by atoms with van der Waals surface area (Å²) in [7, 11) is 0. The third-order valence-corrected chi connectivity index (χ3v) is 2.29. The van der Waals surface area contributed by atoms with E-state index in [1.54, 1.807) is 13.0 Å². The molecule has 0 radical (unpaired) electrons. The van der Waals surface area contributed by atoms with Crippen molar-refractivity contribution in [2.75, 3.05) is 6.54 Å². The van der Waals surface area contributed by atoms with Crippen molar-refractivity contribution in [2.24, 2.45) is 0 Å². The number of nitrogens with one attached hydrogen (secondary N) is 1. The Hall–Kier alpha value is -1.34. The zero-order chi connectivity index (χ0) is 12.0.